The smallest absolute Gasteiger partial charge is 0.332 e. The predicted octanol–water partition coefficient (Wildman–Crippen LogP) is 2.45. The molecule has 1 rings (SSSR count). The number of unbranched alkanes of at least 4 members (excludes halogenated alkanes) is 2. The molecular formula is C16H24O6S. The molecule has 0 saturated heterocycles. The standard InChI is InChI=1S/C16H24O6S/c1-3-21-16(17)13-20-10-5-4-6-11-22-23(18,19)15-9-7-8-14(2)12-15/h7-9,12H,3-6,10-11,13H2,1-2H3. The maximum absolute atomic E-state index is 12.0. The topological polar surface area (TPSA) is 78.9 Å². The molecule has 0 radical (unpaired) electrons. The Morgan fingerprint density at radius 3 is 2.57 bits per heavy atom. The van der Waals surface area contributed by atoms with Crippen molar-refractivity contribution in [2.75, 3.05) is 26.4 Å². The average molecular weight is 344 g/mol. The van der Waals surface area contributed by atoms with Gasteiger partial charge >= 0.3 is 5.97 Å². The Labute approximate surface area is 137 Å². The van der Waals surface area contributed by atoms with Crippen molar-refractivity contribution >= 4 is 16.1 Å². The largest absolute Gasteiger partial charge is 0.464 e. The van der Waals surface area contributed by atoms with Crippen molar-refractivity contribution in [3.05, 3.63) is 29.8 Å². The Morgan fingerprint density at radius 2 is 1.87 bits per heavy atom. The molecule has 0 heterocycles. The van der Waals surface area contributed by atoms with Crippen LogP contribution in [0.4, 0.5) is 0 Å². The fourth-order valence-electron chi connectivity index (χ4n) is 1.85. The highest BCUT2D eigenvalue weighted by Gasteiger charge is 2.14. The zero-order valence-electron chi connectivity index (χ0n) is 13.6. The SMILES string of the molecule is CCOC(=O)COCCCCCOS(=O)(=O)c1cccc(C)c1. The van der Waals surface area contributed by atoms with Crippen LogP contribution in [0.15, 0.2) is 29.2 Å². The minimum absolute atomic E-state index is 0.0495. The van der Waals surface area contributed by atoms with Crippen LogP contribution in [0.3, 0.4) is 0 Å². The van der Waals surface area contributed by atoms with E-state index in [1.54, 1.807) is 19.1 Å². The van der Waals surface area contributed by atoms with E-state index in [1.165, 1.54) is 6.07 Å². The van der Waals surface area contributed by atoms with Crippen molar-refractivity contribution in [2.45, 2.75) is 38.0 Å². The molecule has 0 saturated carbocycles. The first kappa shape index (κ1) is 19.6. The Kier molecular flexibility index (Phi) is 8.83. The van der Waals surface area contributed by atoms with Crippen molar-refractivity contribution in [3.63, 3.8) is 0 Å². The van der Waals surface area contributed by atoms with Gasteiger partial charge in [-0.1, -0.05) is 12.1 Å². The van der Waals surface area contributed by atoms with E-state index in [1.807, 2.05) is 13.0 Å². The highest BCUT2D eigenvalue weighted by atomic mass is 32.2. The van der Waals surface area contributed by atoms with E-state index in [2.05, 4.69) is 0 Å². The summed E-state index contributed by atoms with van der Waals surface area (Å²) >= 11 is 0. The van der Waals surface area contributed by atoms with Crippen LogP contribution in [0.5, 0.6) is 0 Å². The number of hydrogen-bond acceptors (Lipinski definition) is 6. The number of carbonyl (C=O) groups excluding carboxylic acids is 1. The van der Waals surface area contributed by atoms with Gasteiger partial charge in [-0.15, -0.1) is 0 Å². The van der Waals surface area contributed by atoms with Crippen molar-refractivity contribution in [1.82, 2.24) is 0 Å². The van der Waals surface area contributed by atoms with Gasteiger partial charge < -0.3 is 9.47 Å². The Bertz CT molecular complexity index is 582. The summed E-state index contributed by atoms with van der Waals surface area (Å²) in [7, 11) is -3.69. The molecule has 23 heavy (non-hydrogen) atoms. The Morgan fingerprint density at radius 1 is 1.13 bits per heavy atom. The first-order chi connectivity index (χ1) is 11.0. The van der Waals surface area contributed by atoms with Gasteiger partial charge in [0.25, 0.3) is 10.1 Å². The van der Waals surface area contributed by atoms with Crippen molar-refractivity contribution < 1.29 is 26.9 Å². The molecule has 130 valence electrons. The molecule has 0 aliphatic carbocycles. The van der Waals surface area contributed by atoms with E-state index in [4.69, 9.17) is 13.7 Å². The molecule has 0 aliphatic heterocycles. The molecule has 0 amide bonds. The maximum atomic E-state index is 12.0. The molecular weight excluding hydrogens is 320 g/mol. The molecule has 1 aromatic carbocycles. The summed E-state index contributed by atoms with van der Waals surface area (Å²) in [5.74, 6) is -0.375. The van der Waals surface area contributed by atoms with Gasteiger partial charge in [-0.05, 0) is 50.8 Å². The zero-order chi connectivity index (χ0) is 17.1. The average Bonchev–Trinajstić information content (AvgIpc) is 2.50. The minimum atomic E-state index is -3.69. The molecule has 0 fully saturated rings. The molecule has 0 bridgehead atoms. The lowest BCUT2D eigenvalue weighted by molar-refractivity contribution is -0.148. The van der Waals surface area contributed by atoms with Crippen LogP contribution in [-0.2, 0) is 28.6 Å². The first-order valence-electron chi connectivity index (χ1n) is 7.65. The number of esters is 1. The van der Waals surface area contributed by atoms with E-state index in [9.17, 15) is 13.2 Å². The molecule has 6 nitrogen and oxygen atoms in total. The normalized spacial score (nSPS) is 11.4. The van der Waals surface area contributed by atoms with E-state index >= 15 is 0 Å². The highest BCUT2D eigenvalue weighted by molar-refractivity contribution is 7.86. The summed E-state index contributed by atoms with van der Waals surface area (Å²) in [5, 5.41) is 0. The van der Waals surface area contributed by atoms with Crippen LogP contribution >= 0.6 is 0 Å². The third kappa shape index (κ3) is 8.11. The second-order valence-corrected chi connectivity index (χ2v) is 6.63. The van der Waals surface area contributed by atoms with Crippen LogP contribution < -0.4 is 0 Å². The molecule has 0 unspecified atom stereocenters. The lowest BCUT2D eigenvalue weighted by Crippen LogP contribution is -2.13. The van der Waals surface area contributed by atoms with Crippen molar-refractivity contribution in [3.8, 4) is 0 Å². The molecule has 0 spiro atoms. The number of ether oxygens (including phenoxy) is 2. The summed E-state index contributed by atoms with van der Waals surface area (Å²) in [6.45, 7) is 4.43. The van der Waals surface area contributed by atoms with Crippen LogP contribution in [0.25, 0.3) is 0 Å². The number of rotatable bonds is 11. The molecule has 0 aromatic heterocycles. The van der Waals surface area contributed by atoms with Crippen molar-refractivity contribution in [1.29, 1.82) is 0 Å². The van der Waals surface area contributed by atoms with Crippen molar-refractivity contribution in [2.24, 2.45) is 0 Å². The summed E-state index contributed by atoms with van der Waals surface area (Å²) in [4.78, 5) is 11.2. The van der Waals surface area contributed by atoms with Crippen LogP contribution in [0.1, 0.15) is 31.7 Å². The number of benzene rings is 1. The van der Waals surface area contributed by atoms with Crippen LogP contribution in [0, 0.1) is 6.92 Å². The Balaban J connectivity index is 2.14. The summed E-state index contributed by atoms with van der Waals surface area (Å²) in [6.07, 6.45) is 2.09. The van der Waals surface area contributed by atoms with Gasteiger partial charge in [0.05, 0.1) is 18.1 Å². The fraction of sp³-hybridized carbons (Fsp3) is 0.562. The number of hydrogen-bond donors (Lipinski definition) is 0. The molecule has 0 aliphatic rings. The van der Waals surface area contributed by atoms with E-state index in [0.717, 1.165) is 18.4 Å². The fourth-order valence-corrected chi connectivity index (χ4v) is 2.90. The van der Waals surface area contributed by atoms with E-state index in [-0.39, 0.29) is 24.1 Å². The molecule has 0 atom stereocenters. The molecule has 1 aromatic rings. The number of aryl methyl sites for hydroxylation is 1. The third-order valence-corrected chi connectivity index (χ3v) is 4.28. The minimum Gasteiger partial charge on any atom is -0.464 e. The van der Waals surface area contributed by atoms with Gasteiger partial charge in [0.1, 0.15) is 6.61 Å². The van der Waals surface area contributed by atoms with Gasteiger partial charge in [0.15, 0.2) is 0 Å². The van der Waals surface area contributed by atoms with E-state index < -0.39 is 10.1 Å². The van der Waals surface area contributed by atoms with Gasteiger partial charge in [-0.3, -0.25) is 4.18 Å². The first-order valence-corrected chi connectivity index (χ1v) is 9.06. The second-order valence-electron chi connectivity index (χ2n) is 5.01. The third-order valence-electron chi connectivity index (χ3n) is 2.97. The monoisotopic (exact) mass is 344 g/mol. The highest BCUT2D eigenvalue weighted by Crippen LogP contribution is 2.14. The van der Waals surface area contributed by atoms with Gasteiger partial charge in [-0.2, -0.15) is 8.42 Å². The van der Waals surface area contributed by atoms with Gasteiger partial charge in [-0.25, -0.2) is 4.79 Å². The lowest BCUT2D eigenvalue weighted by Gasteiger charge is -2.07. The van der Waals surface area contributed by atoms with Crippen LogP contribution in [0.2, 0.25) is 0 Å². The summed E-state index contributed by atoms with van der Waals surface area (Å²) in [6, 6.07) is 6.62. The number of carbonyl (C=O) groups is 1. The van der Waals surface area contributed by atoms with Gasteiger partial charge in [0.2, 0.25) is 0 Å². The summed E-state index contributed by atoms with van der Waals surface area (Å²) in [5.41, 5.74) is 0.869. The summed E-state index contributed by atoms with van der Waals surface area (Å²) < 4.78 is 38.8. The van der Waals surface area contributed by atoms with Gasteiger partial charge in [0, 0.05) is 6.61 Å². The molecule has 7 heteroatoms. The zero-order valence-corrected chi connectivity index (χ0v) is 14.4. The second kappa shape index (κ2) is 10.4. The molecule has 0 N–H and O–H groups in total. The van der Waals surface area contributed by atoms with Crippen LogP contribution in [-0.4, -0.2) is 40.8 Å². The quantitative estimate of drug-likeness (QED) is 0.348. The lowest BCUT2D eigenvalue weighted by atomic mass is 10.2. The van der Waals surface area contributed by atoms with E-state index in [0.29, 0.717) is 19.6 Å². The Hall–Kier alpha value is -1.44. The maximum Gasteiger partial charge on any atom is 0.332 e. The predicted molar refractivity (Wildman–Crippen MR) is 85.6 cm³/mol.